The number of alkyl halides is 3. The van der Waals surface area contributed by atoms with Gasteiger partial charge in [0.1, 0.15) is 5.75 Å². The predicted octanol–water partition coefficient (Wildman–Crippen LogP) is 4.77. The van der Waals surface area contributed by atoms with Crippen molar-refractivity contribution in [1.29, 1.82) is 0 Å². The lowest BCUT2D eigenvalue weighted by Gasteiger charge is -2.23. The van der Waals surface area contributed by atoms with Crippen LogP contribution in [0.3, 0.4) is 0 Å². The summed E-state index contributed by atoms with van der Waals surface area (Å²) in [6.07, 6.45) is -3.39. The number of carbonyl (C=O) groups is 1. The Balaban J connectivity index is 1.80. The van der Waals surface area contributed by atoms with Gasteiger partial charge in [-0.3, -0.25) is 4.40 Å². The van der Waals surface area contributed by atoms with Gasteiger partial charge in [-0.1, -0.05) is 12.1 Å². The molecule has 0 fully saturated rings. The molecule has 0 aliphatic carbocycles. The lowest BCUT2D eigenvalue weighted by atomic mass is 10.2. The highest BCUT2D eigenvalue weighted by Gasteiger charge is 2.32. The van der Waals surface area contributed by atoms with Gasteiger partial charge in [-0.25, -0.2) is 26.9 Å². The minimum atomic E-state index is -4.89. The number of anilines is 1. The molecule has 1 N–H and O–H groups in total. The molecule has 2 aromatic heterocycles. The second-order valence-corrected chi connectivity index (χ2v) is 9.47. The predicted molar refractivity (Wildman–Crippen MR) is 120 cm³/mol. The van der Waals surface area contributed by atoms with Crippen molar-refractivity contribution in [2.75, 3.05) is 4.31 Å². The first kappa shape index (κ1) is 25.0. The number of rotatable bonds is 7. The average molecular weight is 523 g/mol. The van der Waals surface area contributed by atoms with Gasteiger partial charge in [0, 0.05) is 6.20 Å². The lowest BCUT2D eigenvalue weighted by Crippen LogP contribution is -2.31. The van der Waals surface area contributed by atoms with Crippen LogP contribution in [0.5, 0.6) is 5.75 Å². The fourth-order valence-corrected chi connectivity index (χ4v) is 4.96. The zero-order chi connectivity index (χ0) is 26.3. The fraction of sp³-hybridized carbons (Fsp3) is 0.130. The van der Waals surface area contributed by atoms with Crippen LogP contribution in [0, 0.1) is 12.7 Å². The van der Waals surface area contributed by atoms with E-state index < -0.39 is 33.9 Å². The highest BCUT2D eigenvalue weighted by molar-refractivity contribution is 7.92. The maximum Gasteiger partial charge on any atom is 0.573 e. The van der Waals surface area contributed by atoms with Gasteiger partial charge in [-0.2, -0.15) is 0 Å². The van der Waals surface area contributed by atoms with E-state index in [1.807, 2.05) is 0 Å². The minimum absolute atomic E-state index is 0.113. The molecule has 0 aliphatic rings. The zero-order valence-corrected chi connectivity index (χ0v) is 19.2. The van der Waals surface area contributed by atoms with Crippen LogP contribution in [0.2, 0.25) is 0 Å². The highest BCUT2D eigenvalue weighted by Crippen LogP contribution is 2.31. The van der Waals surface area contributed by atoms with Crippen LogP contribution in [0.4, 0.5) is 23.4 Å². The van der Waals surface area contributed by atoms with E-state index in [4.69, 9.17) is 5.11 Å². The van der Waals surface area contributed by atoms with Gasteiger partial charge in [0.2, 0.25) is 0 Å². The molecular formula is C23H17F4N3O5S. The lowest BCUT2D eigenvalue weighted by molar-refractivity contribution is -0.274. The van der Waals surface area contributed by atoms with Crippen molar-refractivity contribution in [2.45, 2.75) is 24.7 Å². The number of halogens is 4. The maximum atomic E-state index is 14.4. The van der Waals surface area contributed by atoms with E-state index in [0.717, 1.165) is 46.8 Å². The Hall–Kier alpha value is -4.13. The van der Waals surface area contributed by atoms with Crippen molar-refractivity contribution < 1.29 is 40.6 Å². The third-order valence-electron chi connectivity index (χ3n) is 5.22. The molecule has 0 atom stereocenters. The van der Waals surface area contributed by atoms with Crippen molar-refractivity contribution in [3.8, 4) is 5.75 Å². The Kier molecular flexibility index (Phi) is 6.35. The number of aromatic nitrogens is 2. The third-order valence-corrected chi connectivity index (χ3v) is 6.98. The molecule has 0 spiro atoms. The number of hydrogen-bond donors (Lipinski definition) is 1. The van der Waals surface area contributed by atoms with Crippen LogP contribution in [-0.2, 0) is 16.6 Å². The minimum Gasteiger partial charge on any atom is -0.478 e. The number of fused-ring (bicyclic) bond motifs is 1. The van der Waals surface area contributed by atoms with Crippen LogP contribution < -0.4 is 9.04 Å². The normalized spacial score (nSPS) is 12.0. The van der Waals surface area contributed by atoms with Crippen LogP contribution in [0.15, 0.2) is 71.8 Å². The van der Waals surface area contributed by atoms with Crippen LogP contribution in [-0.4, -0.2) is 35.2 Å². The van der Waals surface area contributed by atoms with Crippen LogP contribution in [0.1, 0.15) is 21.6 Å². The van der Waals surface area contributed by atoms with E-state index in [9.17, 15) is 30.8 Å². The Morgan fingerprint density at radius 3 is 2.28 bits per heavy atom. The molecule has 36 heavy (non-hydrogen) atoms. The Labute approximate surface area is 202 Å². The van der Waals surface area contributed by atoms with Crippen LogP contribution in [0.25, 0.3) is 5.65 Å². The molecule has 0 bridgehead atoms. The number of hydrogen-bond acceptors (Lipinski definition) is 5. The van der Waals surface area contributed by atoms with Gasteiger partial charge in [0.15, 0.2) is 17.3 Å². The number of imidazole rings is 1. The monoisotopic (exact) mass is 523 g/mol. The van der Waals surface area contributed by atoms with Gasteiger partial charge < -0.3 is 9.84 Å². The second kappa shape index (κ2) is 9.15. The van der Waals surface area contributed by atoms with Gasteiger partial charge in [-0.15, -0.1) is 13.2 Å². The maximum absolute atomic E-state index is 14.4. The van der Waals surface area contributed by atoms with E-state index in [1.165, 1.54) is 35.7 Å². The molecule has 188 valence electrons. The topological polar surface area (TPSA) is 101 Å². The summed E-state index contributed by atoms with van der Waals surface area (Å²) in [5, 5.41) is 9.11. The molecule has 0 saturated carbocycles. The number of aromatic carboxylic acids is 1. The number of pyridine rings is 1. The molecule has 0 aliphatic heterocycles. The summed E-state index contributed by atoms with van der Waals surface area (Å²) in [6.45, 7) is 1.16. The molecule has 4 aromatic rings. The SMILES string of the molecule is Cc1c(N(Cc2ccc(OC(F)(F)F)cc2)S(=O)(=O)c2ccc(C(=O)O)cc2)nc2c(F)cccn12. The quantitative estimate of drug-likeness (QED) is 0.350. The molecule has 0 radical (unpaired) electrons. The smallest absolute Gasteiger partial charge is 0.478 e. The molecule has 4 rings (SSSR count). The van der Waals surface area contributed by atoms with E-state index in [1.54, 1.807) is 0 Å². The average Bonchev–Trinajstić information content (AvgIpc) is 3.15. The summed E-state index contributed by atoms with van der Waals surface area (Å²) >= 11 is 0. The van der Waals surface area contributed by atoms with E-state index in [-0.39, 0.29) is 39.7 Å². The molecule has 0 unspecified atom stereocenters. The number of aryl methyl sites for hydroxylation is 1. The first-order chi connectivity index (χ1) is 16.9. The molecule has 13 heteroatoms. The van der Waals surface area contributed by atoms with Crippen molar-refractivity contribution in [1.82, 2.24) is 9.38 Å². The fourth-order valence-electron chi connectivity index (χ4n) is 3.51. The van der Waals surface area contributed by atoms with Crippen molar-refractivity contribution in [3.05, 3.63) is 89.5 Å². The highest BCUT2D eigenvalue weighted by atomic mass is 32.2. The molecular weight excluding hydrogens is 506 g/mol. The summed E-state index contributed by atoms with van der Waals surface area (Å²) in [4.78, 5) is 15.1. The summed E-state index contributed by atoms with van der Waals surface area (Å²) in [5.74, 6) is -2.54. The number of nitrogens with zero attached hydrogens (tertiary/aromatic N) is 3. The van der Waals surface area contributed by atoms with Gasteiger partial charge in [0.25, 0.3) is 10.0 Å². The molecule has 2 heterocycles. The number of carboxylic acid groups (broad SMARTS) is 1. The van der Waals surface area contributed by atoms with Gasteiger partial charge >= 0.3 is 12.3 Å². The van der Waals surface area contributed by atoms with Crippen molar-refractivity contribution >= 4 is 27.5 Å². The molecule has 8 nitrogen and oxygen atoms in total. The Bertz CT molecular complexity index is 1530. The zero-order valence-electron chi connectivity index (χ0n) is 18.4. The van der Waals surface area contributed by atoms with E-state index in [0.29, 0.717) is 0 Å². The van der Waals surface area contributed by atoms with Gasteiger partial charge in [-0.05, 0) is 61.0 Å². The van der Waals surface area contributed by atoms with Crippen molar-refractivity contribution in [3.63, 3.8) is 0 Å². The Morgan fingerprint density at radius 1 is 1.08 bits per heavy atom. The number of benzene rings is 2. The number of ether oxygens (including phenoxy) is 1. The van der Waals surface area contributed by atoms with Crippen LogP contribution >= 0.6 is 0 Å². The summed E-state index contributed by atoms with van der Waals surface area (Å²) < 4.78 is 85.2. The summed E-state index contributed by atoms with van der Waals surface area (Å²) in [5.41, 5.74) is 0.312. The molecule has 0 amide bonds. The van der Waals surface area contributed by atoms with Crippen molar-refractivity contribution in [2.24, 2.45) is 0 Å². The largest absolute Gasteiger partial charge is 0.573 e. The Morgan fingerprint density at radius 2 is 1.72 bits per heavy atom. The molecule has 2 aromatic carbocycles. The first-order valence-electron chi connectivity index (χ1n) is 10.2. The number of sulfonamides is 1. The van der Waals surface area contributed by atoms with E-state index in [2.05, 4.69) is 9.72 Å². The molecule has 0 saturated heterocycles. The number of carboxylic acids is 1. The second-order valence-electron chi connectivity index (χ2n) is 7.60. The first-order valence-corrected chi connectivity index (χ1v) is 11.6. The van der Waals surface area contributed by atoms with Gasteiger partial charge in [0.05, 0.1) is 22.7 Å². The summed E-state index contributed by atoms with van der Waals surface area (Å²) in [7, 11) is -4.39. The summed E-state index contributed by atoms with van der Waals surface area (Å²) in [6, 6.07) is 11.6. The third kappa shape index (κ3) is 4.96. The van der Waals surface area contributed by atoms with E-state index >= 15 is 0 Å². The standard InChI is InChI=1S/C23H17F4N3O5S/c1-14-20(28-21-19(24)3-2-12-29(14)21)30(13-15-4-8-17(9-5-15)35-23(25,26)27)36(33,34)18-10-6-16(7-11-18)22(31)32/h2-12H,13H2,1H3,(H,31,32).